The number of amides is 3. The average molecular weight is 302 g/mol. The van der Waals surface area contributed by atoms with E-state index < -0.39 is 23.9 Å². The Bertz CT molecular complexity index is 345. The van der Waals surface area contributed by atoms with Gasteiger partial charge in [0.25, 0.3) is 0 Å². The third-order valence-corrected chi connectivity index (χ3v) is 3.11. The van der Waals surface area contributed by atoms with E-state index in [4.69, 9.17) is 10.8 Å². The number of carboxylic acids is 1. The monoisotopic (exact) mass is 302 g/mol. The van der Waals surface area contributed by atoms with Crippen molar-refractivity contribution < 1.29 is 19.5 Å². The number of nitrogens with zero attached hydrogens (tertiary/aromatic N) is 1. The molecule has 0 saturated carbocycles. The van der Waals surface area contributed by atoms with E-state index in [0.717, 1.165) is 26.1 Å². The molecule has 0 aliphatic rings. The van der Waals surface area contributed by atoms with Gasteiger partial charge in [0, 0.05) is 13.0 Å². The molecule has 0 radical (unpaired) electrons. The Balaban J connectivity index is 3.98. The van der Waals surface area contributed by atoms with Gasteiger partial charge in [-0.05, 0) is 32.5 Å². The smallest absolute Gasteiger partial charge is 0.326 e. The number of nitrogens with one attached hydrogen (secondary N) is 2. The molecule has 0 aliphatic heterocycles. The standard InChI is InChI=1S/C13H26N4O4/c1-3-17(4-2)9-5-8-15-13(21)16-10(12(19)20)6-7-11(14)18/h10H,3-9H2,1-2H3,(H2,14,18)(H,19,20)(H2,15,16,21)/t10-/m0/s1. The van der Waals surface area contributed by atoms with Crippen molar-refractivity contribution >= 4 is 17.9 Å². The predicted octanol–water partition coefficient (Wildman–Crippen LogP) is -0.264. The van der Waals surface area contributed by atoms with Crippen LogP contribution >= 0.6 is 0 Å². The van der Waals surface area contributed by atoms with Gasteiger partial charge in [0.15, 0.2) is 0 Å². The second-order valence-electron chi connectivity index (χ2n) is 4.68. The van der Waals surface area contributed by atoms with Crippen molar-refractivity contribution in [2.75, 3.05) is 26.2 Å². The highest BCUT2D eigenvalue weighted by molar-refractivity contribution is 5.83. The van der Waals surface area contributed by atoms with Crippen LogP contribution in [0.2, 0.25) is 0 Å². The third-order valence-electron chi connectivity index (χ3n) is 3.11. The molecule has 8 heteroatoms. The molecule has 0 aliphatic carbocycles. The summed E-state index contributed by atoms with van der Waals surface area (Å²) >= 11 is 0. The quantitative estimate of drug-likeness (QED) is 0.391. The van der Waals surface area contributed by atoms with E-state index in [1.165, 1.54) is 0 Å². The number of primary amides is 1. The molecule has 8 nitrogen and oxygen atoms in total. The summed E-state index contributed by atoms with van der Waals surface area (Å²) in [5.41, 5.74) is 4.96. The molecule has 0 spiro atoms. The van der Waals surface area contributed by atoms with Gasteiger partial charge in [-0.1, -0.05) is 13.8 Å². The molecule has 0 aromatic heterocycles. The fraction of sp³-hybridized carbons (Fsp3) is 0.769. The molecule has 0 heterocycles. The Morgan fingerprint density at radius 3 is 2.33 bits per heavy atom. The number of nitrogens with two attached hydrogens (primary N) is 1. The van der Waals surface area contributed by atoms with Gasteiger partial charge in [-0.3, -0.25) is 4.79 Å². The Labute approximate surface area is 125 Å². The first-order valence-corrected chi connectivity index (χ1v) is 7.18. The van der Waals surface area contributed by atoms with Crippen LogP contribution < -0.4 is 16.4 Å². The van der Waals surface area contributed by atoms with Gasteiger partial charge in [0.2, 0.25) is 5.91 Å². The molecular weight excluding hydrogens is 276 g/mol. The molecule has 1 atom stereocenters. The molecule has 0 aromatic carbocycles. The number of urea groups is 1. The SMILES string of the molecule is CCN(CC)CCCNC(=O)N[C@@H](CCC(N)=O)C(=O)O. The van der Waals surface area contributed by atoms with Crippen molar-refractivity contribution in [3.63, 3.8) is 0 Å². The molecule has 0 aromatic rings. The molecule has 122 valence electrons. The summed E-state index contributed by atoms with van der Waals surface area (Å²) < 4.78 is 0. The maximum Gasteiger partial charge on any atom is 0.326 e. The van der Waals surface area contributed by atoms with E-state index in [0.29, 0.717) is 6.54 Å². The number of hydrogen-bond acceptors (Lipinski definition) is 4. The number of hydrogen-bond donors (Lipinski definition) is 4. The minimum Gasteiger partial charge on any atom is -0.480 e. The lowest BCUT2D eigenvalue weighted by molar-refractivity contribution is -0.139. The molecular formula is C13H26N4O4. The predicted molar refractivity (Wildman–Crippen MR) is 78.8 cm³/mol. The summed E-state index contributed by atoms with van der Waals surface area (Å²) in [6, 6.07) is -1.66. The zero-order valence-corrected chi connectivity index (χ0v) is 12.7. The second kappa shape index (κ2) is 10.9. The Hall–Kier alpha value is -1.83. The maximum absolute atomic E-state index is 11.6. The molecule has 0 bridgehead atoms. The van der Waals surface area contributed by atoms with Crippen LogP contribution in [0.25, 0.3) is 0 Å². The van der Waals surface area contributed by atoms with Gasteiger partial charge in [0.05, 0.1) is 0 Å². The van der Waals surface area contributed by atoms with Gasteiger partial charge in [-0.2, -0.15) is 0 Å². The van der Waals surface area contributed by atoms with Crippen LogP contribution in [0.1, 0.15) is 33.1 Å². The molecule has 0 rings (SSSR count). The third kappa shape index (κ3) is 9.67. The van der Waals surface area contributed by atoms with E-state index in [1.54, 1.807) is 0 Å². The highest BCUT2D eigenvalue weighted by Gasteiger charge is 2.20. The lowest BCUT2D eigenvalue weighted by atomic mass is 10.1. The number of rotatable bonds is 11. The summed E-state index contributed by atoms with van der Waals surface area (Å²) in [7, 11) is 0. The Morgan fingerprint density at radius 1 is 1.24 bits per heavy atom. The van der Waals surface area contributed by atoms with E-state index in [9.17, 15) is 14.4 Å². The highest BCUT2D eigenvalue weighted by atomic mass is 16.4. The van der Waals surface area contributed by atoms with Crippen molar-refractivity contribution in [2.45, 2.75) is 39.2 Å². The second-order valence-corrected chi connectivity index (χ2v) is 4.68. The first kappa shape index (κ1) is 19.2. The van der Waals surface area contributed by atoms with Gasteiger partial charge in [-0.25, -0.2) is 9.59 Å². The average Bonchev–Trinajstić information content (AvgIpc) is 2.43. The van der Waals surface area contributed by atoms with Crippen LogP contribution in [0.15, 0.2) is 0 Å². The molecule has 5 N–H and O–H groups in total. The van der Waals surface area contributed by atoms with Crippen LogP contribution in [0.4, 0.5) is 4.79 Å². The zero-order valence-electron chi connectivity index (χ0n) is 12.7. The zero-order chi connectivity index (χ0) is 16.3. The minimum atomic E-state index is -1.19. The lowest BCUT2D eigenvalue weighted by Gasteiger charge is -2.18. The number of carboxylic acid groups (broad SMARTS) is 1. The van der Waals surface area contributed by atoms with Crippen LogP contribution in [-0.2, 0) is 9.59 Å². The van der Waals surface area contributed by atoms with Crippen LogP contribution in [0.5, 0.6) is 0 Å². The van der Waals surface area contributed by atoms with Gasteiger partial charge in [-0.15, -0.1) is 0 Å². The topological polar surface area (TPSA) is 125 Å². The fourth-order valence-electron chi connectivity index (χ4n) is 1.80. The van der Waals surface area contributed by atoms with Crippen molar-refractivity contribution in [3.05, 3.63) is 0 Å². The van der Waals surface area contributed by atoms with E-state index in [-0.39, 0.29) is 12.8 Å². The minimum absolute atomic E-state index is 0.0163. The van der Waals surface area contributed by atoms with Crippen molar-refractivity contribution in [3.8, 4) is 0 Å². The largest absolute Gasteiger partial charge is 0.480 e. The normalized spacial score (nSPS) is 12.0. The molecule has 0 fully saturated rings. The maximum atomic E-state index is 11.6. The van der Waals surface area contributed by atoms with Crippen LogP contribution in [0.3, 0.4) is 0 Å². The Kier molecular flexibility index (Phi) is 9.95. The Morgan fingerprint density at radius 2 is 1.86 bits per heavy atom. The van der Waals surface area contributed by atoms with Crippen LogP contribution in [-0.4, -0.2) is 60.1 Å². The highest BCUT2D eigenvalue weighted by Crippen LogP contribution is 1.97. The molecule has 0 saturated heterocycles. The molecule has 3 amide bonds. The van der Waals surface area contributed by atoms with Crippen molar-refractivity contribution in [1.29, 1.82) is 0 Å². The van der Waals surface area contributed by atoms with E-state index in [1.807, 2.05) is 0 Å². The van der Waals surface area contributed by atoms with Gasteiger partial charge >= 0.3 is 12.0 Å². The molecule has 21 heavy (non-hydrogen) atoms. The van der Waals surface area contributed by atoms with E-state index in [2.05, 4.69) is 29.4 Å². The summed E-state index contributed by atoms with van der Waals surface area (Å²) in [5.74, 6) is -1.78. The summed E-state index contributed by atoms with van der Waals surface area (Å²) in [5, 5.41) is 13.9. The molecule has 0 unspecified atom stereocenters. The first-order valence-electron chi connectivity index (χ1n) is 7.18. The van der Waals surface area contributed by atoms with Crippen LogP contribution in [0, 0.1) is 0 Å². The number of carbonyl (C=O) groups excluding carboxylic acids is 2. The lowest BCUT2D eigenvalue weighted by Crippen LogP contribution is -2.46. The number of aliphatic carboxylic acids is 1. The summed E-state index contributed by atoms with van der Waals surface area (Å²) in [6.07, 6.45) is 0.685. The van der Waals surface area contributed by atoms with Gasteiger partial charge in [0.1, 0.15) is 6.04 Å². The summed E-state index contributed by atoms with van der Waals surface area (Å²) in [4.78, 5) is 35.4. The first-order chi connectivity index (χ1) is 9.90. The van der Waals surface area contributed by atoms with Gasteiger partial charge < -0.3 is 26.4 Å². The fourth-order valence-corrected chi connectivity index (χ4v) is 1.80. The number of carbonyl (C=O) groups is 3. The van der Waals surface area contributed by atoms with E-state index >= 15 is 0 Å². The van der Waals surface area contributed by atoms with Crippen molar-refractivity contribution in [2.24, 2.45) is 5.73 Å². The summed E-state index contributed by atoms with van der Waals surface area (Å²) in [6.45, 7) is 7.38. The van der Waals surface area contributed by atoms with Crippen molar-refractivity contribution in [1.82, 2.24) is 15.5 Å².